The highest BCUT2D eigenvalue weighted by Crippen LogP contribution is 2.31. The molecule has 0 amide bonds. The zero-order valence-electron chi connectivity index (χ0n) is 28.8. The lowest BCUT2D eigenvalue weighted by Crippen LogP contribution is -2.27. The van der Waals surface area contributed by atoms with Crippen molar-refractivity contribution in [1.29, 1.82) is 0 Å². The first-order chi connectivity index (χ1) is 26.9. The molecule has 4 aromatic carbocycles. The molecule has 0 spiro atoms. The van der Waals surface area contributed by atoms with Gasteiger partial charge in [-0.3, -0.25) is 38.7 Å². The maximum atomic E-state index is 13.2. The van der Waals surface area contributed by atoms with Gasteiger partial charge in [0, 0.05) is 22.5 Å². The second-order valence-electron chi connectivity index (χ2n) is 12.3. The van der Waals surface area contributed by atoms with Gasteiger partial charge in [0.1, 0.15) is 19.6 Å². The van der Waals surface area contributed by atoms with Crippen LogP contribution in [0.1, 0.15) is 43.0 Å². The Hall–Kier alpha value is -6.38. The molecule has 0 aliphatic heterocycles. The van der Waals surface area contributed by atoms with Crippen LogP contribution in [0, 0.1) is 0 Å². The summed E-state index contributed by atoms with van der Waals surface area (Å²) in [6.07, 6.45) is 4.22. The molecule has 4 aromatic rings. The summed E-state index contributed by atoms with van der Waals surface area (Å²) in [5, 5.41) is 7.52. The number of hydrazone groups is 2. The second-order valence-corrected chi connectivity index (χ2v) is 17.8. The minimum atomic E-state index is -5.08. The molecule has 0 atom stereocenters. The van der Waals surface area contributed by atoms with Gasteiger partial charge in [0.15, 0.2) is 11.4 Å². The Balaban J connectivity index is 1.31. The highest BCUT2D eigenvalue weighted by Gasteiger charge is 2.34. The van der Waals surface area contributed by atoms with E-state index in [1.54, 1.807) is 0 Å². The normalized spacial score (nSPS) is 16.2. The van der Waals surface area contributed by atoms with Gasteiger partial charge < -0.3 is 11.5 Å². The molecule has 0 radical (unpaired) electrons. The summed E-state index contributed by atoms with van der Waals surface area (Å²) in [5.41, 5.74) is 14.0. The lowest BCUT2D eigenvalue weighted by molar-refractivity contribution is 0.105. The highest BCUT2D eigenvalue weighted by molar-refractivity contribution is 7.91. The number of fused-ring (bicyclic) bond motifs is 2. The van der Waals surface area contributed by atoms with Gasteiger partial charge in [-0.1, -0.05) is 36.4 Å². The maximum absolute atomic E-state index is 13.2. The predicted molar refractivity (Wildman–Crippen MR) is 213 cm³/mol. The van der Waals surface area contributed by atoms with Gasteiger partial charge in [0.25, 0.3) is 40.5 Å². The van der Waals surface area contributed by atoms with Crippen molar-refractivity contribution in [1.82, 2.24) is 0 Å². The van der Waals surface area contributed by atoms with E-state index in [0.717, 1.165) is 42.5 Å². The van der Waals surface area contributed by atoms with Crippen molar-refractivity contribution >= 4 is 111 Å². The number of rotatable bonds is 10. The summed E-state index contributed by atoms with van der Waals surface area (Å²) in [6.45, 7) is 0. The van der Waals surface area contributed by atoms with Crippen molar-refractivity contribution in [3.8, 4) is 0 Å². The third-order valence-corrected chi connectivity index (χ3v) is 11.8. The fourth-order valence-electron chi connectivity index (χ4n) is 5.63. The van der Waals surface area contributed by atoms with Crippen LogP contribution in [0.25, 0.3) is 24.3 Å². The molecule has 0 saturated heterocycles. The van der Waals surface area contributed by atoms with Crippen molar-refractivity contribution in [3.63, 3.8) is 0 Å². The molecule has 2 aliphatic carbocycles. The summed E-state index contributed by atoms with van der Waals surface area (Å²) in [5.74, 6) is -1.95. The third-order valence-electron chi connectivity index (χ3n) is 8.29. The smallest absolute Gasteiger partial charge is 0.296 e. The first kappa shape index (κ1) is 41.3. The number of allylic oxidation sites excluding steroid dienone is 2. The van der Waals surface area contributed by atoms with Crippen molar-refractivity contribution in [3.05, 3.63) is 116 Å². The molecule has 10 N–H and O–H groups in total. The zero-order valence-corrected chi connectivity index (χ0v) is 32.1. The molecule has 300 valence electrons. The average Bonchev–Trinajstić information content (AvgIpc) is 3.12. The number of nitrogens with one attached hydrogen (secondary N) is 2. The van der Waals surface area contributed by atoms with E-state index in [4.69, 9.17) is 11.5 Å². The fraction of sp³-hybridized carbons (Fsp3) is 0. The Bertz CT molecular complexity index is 3120. The SMILES string of the molecule is Nc1ccc2c(c1)C(=O)C(=NNc1ccc(C=Cc3ccc(NN=C4C(=O)c5cc(N)ccc5C=C4S(=O)(=O)O)c(S(=O)(=O)O)c3)c(S(=O)(=O)O)c1)C(S(=O)(=O)O)=C2. The van der Waals surface area contributed by atoms with Crippen LogP contribution >= 0.6 is 0 Å². The number of Topliss-reactive ketones (excluding diaryl/α,β-unsaturated/α-hetero) is 2. The van der Waals surface area contributed by atoms with Gasteiger partial charge in [-0.05, 0) is 82.9 Å². The van der Waals surface area contributed by atoms with Crippen LogP contribution in [-0.4, -0.2) is 74.9 Å². The first-order valence-corrected chi connectivity index (χ1v) is 21.5. The number of anilines is 4. The maximum Gasteiger partial charge on any atom is 0.296 e. The van der Waals surface area contributed by atoms with Crippen LogP contribution in [0.15, 0.2) is 103 Å². The Morgan fingerprint density at radius 3 is 1.52 bits per heavy atom. The third kappa shape index (κ3) is 8.62. The molecule has 0 unspecified atom stereocenters. The van der Waals surface area contributed by atoms with Gasteiger partial charge in [0.2, 0.25) is 11.6 Å². The van der Waals surface area contributed by atoms with E-state index in [1.165, 1.54) is 54.6 Å². The van der Waals surface area contributed by atoms with Gasteiger partial charge >= 0.3 is 0 Å². The van der Waals surface area contributed by atoms with Gasteiger partial charge in [-0.25, -0.2) is 0 Å². The number of carbonyl (C=O) groups excluding carboxylic acids is 2. The zero-order chi connectivity index (χ0) is 42.5. The minimum Gasteiger partial charge on any atom is -0.399 e. The Morgan fingerprint density at radius 1 is 0.534 bits per heavy atom. The van der Waals surface area contributed by atoms with Gasteiger partial charge in [0.05, 0.1) is 11.4 Å². The predicted octanol–water partition coefficient (Wildman–Crippen LogP) is 3.30. The van der Waals surface area contributed by atoms with E-state index in [9.17, 15) is 61.5 Å². The van der Waals surface area contributed by atoms with Gasteiger partial charge in [-0.15, -0.1) is 0 Å². The fourth-order valence-corrected chi connectivity index (χ4v) is 8.34. The summed E-state index contributed by atoms with van der Waals surface area (Å²) in [4.78, 5) is 23.0. The lowest BCUT2D eigenvalue weighted by atomic mass is 9.94. The molecule has 6 rings (SSSR count). The van der Waals surface area contributed by atoms with E-state index < -0.39 is 88.8 Å². The van der Waals surface area contributed by atoms with E-state index in [1.807, 2.05) is 0 Å². The number of benzene rings is 4. The van der Waals surface area contributed by atoms with Crippen LogP contribution < -0.4 is 22.3 Å². The van der Waals surface area contributed by atoms with Gasteiger partial charge in [-0.2, -0.15) is 43.9 Å². The van der Waals surface area contributed by atoms with Crippen molar-refractivity contribution < 1.29 is 61.5 Å². The Labute approximate surface area is 329 Å². The molecule has 20 nitrogen and oxygen atoms in total. The molecule has 0 aromatic heterocycles. The van der Waals surface area contributed by atoms with Crippen molar-refractivity contribution in [2.45, 2.75) is 9.79 Å². The molecule has 58 heavy (non-hydrogen) atoms. The molecule has 24 heteroatoms. The standard InChI is InChI=1S/C34H26N6O14S4/c35-21-7-4-19-12-29(57(49,50)51)31(33(41)24(19)14-21)39-37-23-9-6-18(27(16-23)55(43,44)45)3-1-17-2-10-26(28(11-17)56(46,47)48)38-40-32-30(58(52,53)54)13-20-5-8-22(36)15-25(20)34(32)42/h1-16,37-38H,35-36H2,(H,43,44,45)(H,46,47,48)(H,49,50,51)(H,52,53,54). The van der Waals surface area contributed by atoms with Crippen LogP contribution in [-0.2, 0) is 40.5 Å². The number of nitrogens with two attached hydrogens (primary N) is 2. The van der Waals surface area contributed by atoms with Crippen LogP contribution in [0.3, 0.4) is 0 Å². The molecule has 0 fully saturated rings. The first-order valence-electron chi connectivity index (χ1n) is 15.8. The summed E-state index contributed by atoms with van der Waals surface area (Å²) in [7, 11) is -20.2. The minimum absolute atomic E-state index is 0.00126. The molecule has 0 bridgehead atoms. The molecular weight excluding hydrogens is 845 g/mol. The number of ketones is 2. The number of nitrogens with zero attached hydrogens (tertiary/aromatic N) is 2. The van der Waals surface area contributed by atoms with Crippen molar-refractivity contribution in [2.75, 3.05) is 22.3 Å². The van der Waals surface area contributed by atoms with E-state index in [-0.39, 0.29) is 50.4 Å². The monoisotopic (exact) mass is 870 g/mol. The van der Waals surface area contributed by atoms with E-state index in [0.29, 0.717) is 0 Å². The van der Waals surface area contributed by atoms with E-state index >= 15 is 0 Å². The number of hydrogen-bond acceptors (Lipinski definition) is 16. The topological polar surface area (TPSA) is 352 Å². The van der Waals surface area contributed by atoms with Crippen molar-refractivity contribution in [2.24, 2.45) is 10.2 Å². The Morgan fingerprint density at radius 2 is 1.03 bits per heavy atom. The summed E-state index contributed by atoms with van der Waals surface area (Å²) in [6, 6.07) is 14.3. The Kier molecular flexibility index (Phi) is 10.6. The molecule has 0 saturated carbocycles. The largest absolute Gasteiger partial charge is 0.399 e. The van der Waals surface area contributed by atoms with Crippen LogP contribution in [0.2, 0.25) is 0 Å². The number of nitrogen functional groups attached to an aromatic ring is 2. The summed E-state index contributed by atoms with van der Waals surface area (Å²) < 4.78 is 138. The summed E-state index contributed by atoms with van der Waals surface area (Å²) >= 11 is 0. The average molecular weight is 871 g/mol. The molecule has 2 aliphatic rings. The van der Waals surface area contributed by atoms with Crippen LogP contribution in [0.5, 0.6) is 0 Å². The number of carbonyl (C=O) groups is 2. The van der Waals surface area contributed by atoms with Crippen LogP contribution in [0.4, 0.5) is 22.7 Å². The lowest BCUT2D eigenvalue weighted by Gasteiger charge is -2.17. The quantitative estimate of drug-likeness (QED) is 0.0490. The second kappa shape index (κ2) is 14.8. The molecule has 0 heterocycles. The highest BCUT2D eigenvalue weighted by atomic mass is 32.2. The number of hydrogen-bond donors (Lipinski definition) is 8. The molecular formula is C34H26N6O14S4. The van der Waals surface area contributed by atoms with E-state index in [2.05, 4.69) is 21.1 Å².